The molecule has 0 saturated carbocycles. The molecule has 0 aliphatic heterocycles. The van der Waals surface area contributed by atoms with Crippen molar-refractivity contribution in [2.45, 2.75) is 18.0 Å². The van der Waals surface area contributed by atoms with Gasteiger partial charge in [0.15, 0.2) is 0 Å². The van der Waals surface area contributed by atoms with E-state index < -0.39 is 10.0 Å². The summed E-state index contributed by atoms with van der Waals surface area (Å²) in [5.41, 5.74) is 0.718. The second kappa shape index (κ2) is 6.31. The number of sulfonamides is 1. The van der Waals surface area contributed by atoms with Crippen molar-refractivity contribution >= 4 is 21.4 Å². The molecule has 0 aliphatic carbocycles. The van der Waals surface area contributed by atoms with Gasteiger partial charge in [0, 0.05) is 23.7 Å². The first kappa shape index (κ1) is 14.9. The van der Waals surface area contributed by atoms with Gasteiger partial charge in [-0.25, -0.2) is 18.1 Å². The van der Waals surface area contributed by atoms with Gasteiger partial charge in [0.25, 0.3) is 0 Å². The number of aliphatic hydroxyl groups excluding tert-OH is 1. The summed E-state index contributed by atoms with van der Waals surface area (Å²) in [7, 11) is -2.12. The van der Waals surface area contributed by atoms with E-state index in [1.54, 1.807) is 23.7 Å². The van der Waals surface area contributed by atoms with Gasteiger partial charge in [0.1, 0.15) is 0 Å². The number of hydrogen-bond acceptors (Lipinski definition) is 6. The lowest BCUT2D eigenvalue weighted by Gasteiger charge is -2.07. The number of pyridine rings is 1. The number of ether oxygens (including phenoxy) is 1. The van der Waals surface area contributed by atoms with Gasteiger partial charge in [0.2, 0.25) is 15.9 Å². The SMILES string of the molecule is COc1ccc(CNS(=O)(=O)c2ccsc2CO)cn1. The van der Waals surface area contributed by atoms with E-state index in [4.69, 9.17) is 9.84 Å². The fraction of sp³-hybridized carbons (Fsp3) is 0.250. The largest absolute Gasteiger partial charge is 0.481 e. The van der Waals surface area contributed by atoms with E-state index >= 15 is 0 Å². The molecule has 20 heavy (non-hydrogen) atoms. The van der Waals surface area contributed by atoms with Gasteiger partial charge in [-0.3, -0.25) is 0 Å². The summed E-state index contributed by atoms with van der Waals surface area (Å²) >= 11 is 1.20. The van der Waals surface area contributed by atoms with E-state index in [0.717, 1.165) is 5.56 Å². The molecule has 0 fully saturated rings. The first-order chi connectivity index (χ1) is 9.56. The van der Waals surface area contributed by atoms with Gasteiger partial charge >= 0.3 is 0 Å². The number of methoxy groups -OCH3 is 1. The number of thiophene rings is 1. The molecule has 0 aliphatic rings. The lowest BCUT2D eigenvalue weighted by atomic mass is 10.3. The number of aliphatic hydroxyl groups is 1. The van der Waals surface area contributed by atoms with Crippen LogP contribution in [0.15, 0.2) is 34.7 Å². The van der Waals surface area contributed by atoms with E-state index in [2.05, 4.69) is 9.71 Å². The minimum Gasteiger partial charge on any atom is -0.481 e. The molecule has 6 nitrogen and oxygen atoms in total. The lowest BCUT2D eigenvalue weighted by molar-refractivity contribution is 0.282. The van der Waals surface area contributed by atoms with Gasteiger partial charge in [-0.2, -0.15) is 0 Å². The van der Waals surface area contributed by atoms with Crippen molar-refractivity contribution in [2.24, 2.45) is 0 Å². The Bertz CT molecular complexity index is 665. The summed E-state index contributed by atoms with van der Waals surface area (Å²) in [6.45, 7) is -0.169. The summed E-state index contributed by atoms with van der Waals surface area (Å²) in [5.74, 6) is 0.469. The van der Waals surface area contributed by atoms with E-state index in [0.29, 0.717) is 10.8 Å². The highest BCUT2D eigenvalue weighted by Crippen LogP contribution is 2.21. The maximum atomic E-state index is 12.1. The standard InChI is InChI=1S/C12H14N2O4S2/c1-18-12-3-2-9(6-13-12)7-14-20(16,17)11-4-5-19-10(11)8-15/h2-6,14-15H,7-8H2,1H3. The van der Waals surface area contributed by atoms with Gasteiger partial charge in [0.05, 0.1) is 18.6 Å². The maximum absolute atomic E-state index is 12.1. The summed E-state index contributed by atoms with van der Waals surface area (Å²) in [6.07, 6.45) is 1.54. The molecule has 0 aromatic carbocycles. The third-order valence-electron chi connectivity index (χ3n) is 2.61. The first-order valence-electron chi connectivity index (χ1n) is 5.72. The number of nitrogens with one attached hydrogen (secondary N) is 1. The van der Waals surface area contributed by atoms with E-state index in [1.165, 1.54) is 24.5 Å². The van der Waals surface area contributed by atoms with Crippen LogP contribution in [0.1, 0.15) is 10.4 Å². The number of nitrogens with zero attached hydrogens (tertiary/aromatic N) is 1. The number of rotatable bonds is 6. The highest BCUT2D eigenvalue weighted by molar-refractivity contribution is 7.89. The van der Waals surface area contributed by atoms with Crippen LogP contribution < -0.4 is 9.46 Å². The minimum absolute atomic E-state index is 0.117. The average molecular weight is 314 g/mol. The maximum Gasteiger partial charge on any atom is 0.242 e. The summed E-state index contributed by atoms with van der Waals surface area (Å²) in [5, 5.41) is 10.7. The third kappa shape index (κ3) is 3.34. The van der Waals surface area contributed by atoms with Crippen LogP contribution in [0.3, 0.4) is 0 Å². The molecule has 0 atom stereocenters. The highest BCUT2D eigenvalue weighted by atomic mass is 32.2. The fourth-order valence-corrected chi connectivity index (χ4v) is 3.89. The van der Waals surface area contributed by atoms with Crippen molar-refractivity contribution < 1.29 is 18.3 Å². The normalized spacial score (nSPS) is 11.5. The van der Waals surface area contributed by atoms with Gasteiger partial charge in [-0.05, 0) is 17.0 Å². The van der Waals surface area contributed by atoms with Gasteiger partial charge in [-0.15, -0.1) is 11.3 Å². The number of aromatic nitrogens is 1. The van der Waals surface area contributed by atoms with Crippen molar-refractivity contribution in [1.82, 2.24) is 9.71 Å². The van der Waals surface area contributed by atoms with Crippen LogP contribution in [-0.2, 0) is 23.2 Å². The van der Waals surface area contributed by atoms with E-state index in [9.17, 15) is 8.42 Å². The molecular formula is C12H14N2O4S2. The van der Waals surface area contributed by atoms with Crippen molar-refractivity contribution in [1.29, 1.82) is 0 Å². The zero-order valence-electron chi connectivity index (χ0n) is 10.7. The molecule has 2 N–H and O–H groups in total. The molecule has 2 aromatic rings. The zero-order chi connectivity index (χ0) is 14.6. The summed E-state index contributed by atoms with van der Waals surface area (Å²) in [4.78, 5) is 4.54. The van der Waals surface area contributed by atoms with Crippen molar-refractivity contribution in [3.05, 3.63) is 40.2 Å². The molecular weight excluding hydrogens is 300 g/mol. The summed E-state index contributed by atoms with van der Waals surface area (Å²) in [6, 6.07) is 4.87. The molecule has 0 amide bonds. The van der Waals surface area contributed by atoms with Crippen molar-refractivity contribution in [2.75, 3.05) is 7.11 Å². The molecule has 0 radical (unpaired) electrons. The Hall–Kier alpha value is -1.48. The Morgan fingerprint density at radius 1 is 1.40 bits per heavy atom. The van der Waals surface area contributed by atoms with E-state index in [-0.39, 0.29) is 18.0 Å². The molecule has 2 rings (SSSR count). The molecule has 108 valence electrons. The third-order valence-corrected chi connectivity index (χ3v) is 5.13. The van der Waals surface area contributed by atoms with Crippen molar-refractivity contribution in [3.8, 4) is 5.88 Å². The Morgan fingerprint density at radius 3 is 2.80 bits per heavy atom. The Morgan fingerprint density at radius 2 is 2.20 bits per heavy atom. The Kier molecular flexibility index (Phi) is 4.71. The van der Waals surface area contributed by atoms with Crippen LogP contribution in [0.2, 0.25) is 0 Å². The molecule has 0 saturated heterocycles. The molecule has 0 spiro atoms. The predicted octanol–water partition coefficient (Wildman–Crippen LogP) is 1.12. The Balaban J connectivity index is 2.09. The van der Waals surface area contributed by atoms with Crippen LogP contribution in [0, 0.1) is 0 Å². The highest BCUT2D eigenvalue weighted by Gasteiger charge is 2.18. The fourth-order valence-electron chi connectivity index (χ4n) is 1.58. The lowest BCUT2D eigenvalue weighted by Crippen LogP contribution is -2.23. The molecule has 0 bridgehead atoms. The second-order valence-corrected chi connectivity index (χ2v) is 6.64. The van der Waals surface area contributed by atoms with Gasteiger partial charge in [-0.1, -0.05) is 6.07 Å². The van der Waals surface area contributed by atoms with Crippen LogP contribution in [0.4, 0.5) is 0 Å². The first-order valence-corrected chi connectivity index (χ1v) is 8.09. The van der Waals surface area contributed by atoms with Crippen LogP contribution in [0.5, 0.6) is 5.88 Å². The number of hydrogen-bond donors (Lipinski definition) is 2. The molecule has 8 heteroatoms. The smallest absolute Gasteiger partial charge is 0.242 e. The summed E-state index contributed by atoms with van der Waals surface area (Å²) < 4.78 is 31.6. The van der Waals surface area contributed by atoms with Crippen LogP contribution in [-0.4, -0.2) is 25.6 Å². The average Bonchev–Trinajstić information content (AvgIpc) is 2.95. The zero-order valence-corrected chi connectivity index (χ0v) is 12.4. The topological polar surface area (TPSA) is 88.5 Å². The predicted molar refractivity (Wildman–Crippen MR) is 75.1 cm³/mol. The van der Waals surface area contributed by atoms with Crippen LogP contribution in [0.25, 0.3) is 0 Å². The van der Waals surface area contributed by atoms with E-state index in [1.807, 2.05) is 0 Å². The van der Waals surface area contributed by atoms with Crippen LogP contribution >= 0.6 is 11.3 Å². The quantitative estimate of drug-likeness (QED) is 0.834. The minimum atomic E-state index is -3.63. The van der Waals surface area contributed by atoms with Gasteiger partial charge < -0.3 is 9.84 Å². The second-order valence-electron chi connectivity index (χ2n) is 3.90. The molecule has 2 aromatic heterocycles. The Labute approximate surface area is 121 Å². The molecule has 2 heterocycles. The van der Waals surface area contributed by atoms with Crippen molar-refractivity contribution in [3.63, 3.8) is 0 Å². The monoisotopic (exact) mass is 314 g/mol. The molecule has 0 unspecified atom stereocenters.